The Morgan fingerprint density at radius 3 is 1.21 bits per heavy atom. The average Bonchev–Trinajstić information content (AvgIpc) is 3.38. The predicted molar refractivity (Wildman–Crippen MR) is 332 cm³/mol. The number of phosphoric acid groups is 1. The Kier molecular flexibility index (Phi) is 55.6. The van der Waals surface area contributed by atoms with Gasteiger partial charge < -0.3 is 19.8 Å². The number of likely N-dealkylation sites (N-methyl/N-ethyl adjacent to an activating group) is 1. The molecule has 3 unspecified atom stereocenters. The lowest BCUT2D eigenvalue weighted by Gasteiger charge is -2.25. The zero-order valence-electron chi connectivity index (χ0n) is 50.5. The highest BCUT2D eigenvalue weighted by Crippen LogP contribution is 2.43. The van der Waals surface area contributed by atoms with E-state index >= 15 is 0 Å². The van der Waals surface area contributed by atoms with Crippen molar-refractivity contribution < 1.29 is 32.9 Å². The Bertz CT molecular complexity index is 1510. The zero-order chi connectivity index (χ0) is 55.6. The van der Waals surface area contributed by atoms with Crippen LogP contribution in [0.25, 0.3) is 0 Å². The molecule has 0 aliphatic carbocycles. The lowest BCUT2D eigenvalue weighted by Crippen LogP contribution is -2.45. The number of hydrogen-bond donors (Lipinski definition) is 3. The second-order valence-corrected chi connectivity index (χ2v) is 24.2. The quantitative estimate of drug-likeness (QED) is 0.0243. The Labute approximate surface area is 471 Å². The fraction of sp³-hybridized carbons (Fsp3) is 0.776. The third-order valence-corrected chi connectivity index (χ3v) is 15.1. The molecule has 0 aromatic rings. The number of carbonyl (C=O) groups is 1. The summed E-state index contributed by atoms with van der Waals surface area (Å²) in [5, 5.41) is 13.9. The molecule has 0 aromatic carbocycles. The fourth-order valence-electron chi connectivity index (χ4n) is 9.15. The second-order valence-electron chi connectivity index (χ2n) is 22.7. The first kappa shape index (κ1) is 73.7. The number of carbonyl (C=O) groups excluding carboxylic acids is 1. The van der Waals surface area contributed by atoms with E-state index in [-0.39, 0.29) is 19.1 Å². The molecule has 0 aliphatic heterocycles. The maximum atomic E-state index is 13.0. The van der Waals surface area contributed by atoms with Gasteiger partial charge in [-0.2, -0.15) is 0 Å². The third kappa shape index (κ3) is 59.3. The van der Waals surface area contributed by atoms with Crippen molar-refractivity contribution in [3.05, 3.63) is 85.1 Å². The number of hydrogen-bond acceptors (Lipinski definition) is 5. The van der Waals surface area contributed by atoms with Gasteiger partial charge in [0.25, 0.3) is 0 Å². The van der Waals surface area contributed by atoms with Gasteiger partial charge in [0.05, 0.1) is 39.9 Å². The van der Waals surface area contributed by atoms with Crippen molar-refractivity contribution in [2.24, 2.45) is 0 Å². The van der Waals surface area contributed by atoms with Crippen LogP contribution < -0.4 is 5.32 Å². The molecule has 9 heteroatoms. The van der Waals surface area contributed by atoms with Gasteiger partial charge in [-0.3, -0.25) is 13.8 Å². The molecule has 0 rings (SSSR count). The predicted octanol–water partition coefficient (Wildman–Crippen LogP) is 20.0. The van der Waals surface area contributed by atoms with Crippen LogP contribution in [-0.2, 0) is 18.4 Å². The minimum atomic E-state index is -4.35. The van der Waals surface area contributed by atoms with Crippen LogP contribution in [0, 0.1) is 0 Å². The number of nitrogens with one attached hydrogen (secondary N) is 1. The van der Waals surface area contributed by atoms with E-state index in [0.717, 1.165) is 70.6 Å². The summed E-state index contributed by atoms with van der Waals surface area (Å²) < 4.78 is 23.7. The monoisotopic (exact) mass is 1080 g/mol. The molecule has 0 aromatic heterocycles. The highest BCUT2D eigenvalue weighted by molar-refractivity contribution is 7.47. The maximum absolute atomic E-state index is 13.0. The highest BCUT2D eigenvalue weighted by atomic mass is 31.2. The van der Waals surface area contributed by atoms with Crippen LogP contribution in [0.2, 0.25) is 0 Å². The van der Waals surface area contributed by atoms with Crippen molar-refractivity contribution in [1.82, 2.24) is 5.32 Å². The fourth-order valence-corrected chi connectivity index (χ4v) is 9.88. The van der Waals surface area contributed by atoms with E-state index < -0.39 is 20.0 Å². The van der Waals surface area contributed by atoms with Gasteiger partial charge in [0.1, 0.15) is 13.2 Å². The van der Waals surface area contributed by atoms with E-state index in [1.165, 1.54) is 193 Å². The molecule has 8 nitrogen and oxygen atoms in total. The van der Waals surface area contributed by atoms with Gasteiger partial charge in [-0.05, 0) is 77.0 Å². The van der Waals surface area contributed by atoms with Crippen molar-refractivity contribution in [3.8, 4) is 0 Å². The molecule has 0 fully saturated rings. The van der Waals surface area contributed by atoms with Crippen LogP contribution in [0.5, 0.6) is 0 Å². The van der Waals surface area contributed by atoms with Crippen LogP contribution >= 0.6 is 7.82 Å². The molecular weight excluding hydrogens is 960 g/mol. The van der Waals surface area contributed by atoms with Gasteiger partial charge in [0.15, 0.2) is 0 Å². The molecule has 0 spiro atoms. The van der Waals surface area contributed by atoms with Crippen molar-refractivity contribution in [2.45, 2.75) is 296 Å². The molecule has 3 atom stereocenters. The van der Waals surface area contributed by atoms with E-state index in [4.69, 9.17) is 9.05 Å². The summed E-state index contributed by atoms with van der Waals surface area (Å²) in [4.78, 5) is 23.3. The van der Waals surface area contributed by atoms with E-state index in [1.807, 2.05) is 27.2 Å². The van der Waals surface area contributed by atoms with Crippen LogP contribution in [0.3, 0.4) is 0 Å². The number of allylic oxidation sites excluding steroid dienone is 13. The summed E-state index contributed by atoms with van der Waals surface area (Å²) in [6, 6.07) is -0.863. The summed E-state index contributed by atoms with van der Waals surface area (Å²) in [6.45, 7) is 4.68. The van der Waals surface area contributed by atoms with Gasteiger partial charge >= 0.3 is 7.82 Å². The standard InChI is InChI=1S/C67H123N2O6P/c1-6-8-10-12-14-16-18-20-21-22-23-24-25-26-27-28-29-30-31-32-33-34-35-36-37-38-39-40-41-42-43-44-45-46-47-49-51-53-55-57-59-61-67(71)68-65(64-75-76(72,73)74-63-62-69(3,4)5)66(70)60-58-56-54-52-50-48-19-17-15-13-11-9-7-2/h8,10,14,16,20-21,23-24,26-27,50,52,58,60,65-66,70H,6-7,9,11-13,15,17-19,22,25,28-49,51,53-57,59,61-64H2,1-5H3,(H-,68,71,72,73)/p+1/b10-8-,16-14-,21-20-,24-23-,27-26-,52-50+,60-58+. The summed E-state index contributed by atoms with van der Waals surface area (Å²) in [5.74, 6) is -0.185. The van der Waals surface area contributed by atoms with Crippen molar-refractivity contribution in [3.63, 3.8) is 0 Å². The molecule has 0 saturated carbocycles. The van der Waals surface area contributed by atoms with Crippen LogP contribution in [0.1, 0.15) is 284 Å². The van der Waals surface area contributed by atoms with Gasteiger partial charge in [-0.1, -0.05) is 285 Å². The normalized spacial score (nSPS) is 14.4. The van der Waals surface area contributed by atoms with Crippen LogP contribution in [0.15, 0.2) is 85.1 Å². The molecule has 1 amide bonds. The molecule has 442 valence electrons. The van der Waals surface area contributed by atoms with E-state index in [9.17, 15) is 19.4 Å². The molecule has 0 radical (unpaired) electrons. The zero-order valence-corrected chi connectivity index (χ0v) is 51.4. The number of amides is 1. The van der Waals surface area contributed by atoms with Crippen LogP contribution in [-0.4, -0.2) is 73.4 Å². The molecular formula is C67H124N2O6P+. The average molecular weight is 1080 g/mol. The van der Waals surface area contributed by atoms with Gasteiger partial charge in [0.2, 0.25) is 5.91 Å². The summed E-state index contributed by atoms with van der Waals surface area (Å²) in [6.07, 6.45) is 81.6. The number of aliphatic hydroxyl groups is 1. The minimum Gasteiger partial charge on any atom is -0.387 e. The highest BCUT2D eigenvalue weighted by Gasteiger charge is 2.27. The Hall–Kier alpha value is -2.32. The largest absolute Gasteiger partial charge is 0.472 e. The molecule has 0 heterocycles. The summed E-state index contributed by atoms with van der Waals surface area (Å²) in [7, 11) is 1.56. The summed E-state index contributed by atoms with van der Waals surface area (Å²) >= 11 is 0. The topological polar surface area (TPSA) is 105 Å². The van der Waals surface area contributed by atoms with E-state index in [2.05, 4.69) is 92.1 Å². The van der Waals surface area contributed by atoms with Crippen molar-refractivity contribution in [2.75, 3.05) is 40.9 Å². The van der Waals surface area contributed by atoms with Crippen molar-refractivity contribution >= 4 is 13.7 Å². The Balaban J connectivity index is 3.88. The molecule has 76 heavy (non-hydrogen) atoms. The molecule has 3 N–H and O–H groups in total. The SMILES string of the molecule is CC/C=C\C/C=C\C/C=C\C/C=C\C/C=C\CCCCCCCCCCCCCCCCCCCCCCCCCCCC(=O)NC(COP(=O)(O)OCC[N+](C)(C)C)C(O)/C=C/CC/C=C/CCCCCCCCC. The van der Waals surface area contributed by atoms with Gasteiger partial charge in [0, 0.05) is 6.42 Å². The first-order valence-electron chi connectivity index (χ1n) is 32.0. The first-order valence-corrected chi connectivity index (χ1v) is 33.5. The Morgan fingerprint density at radius 2 is 0.803 bits per heavy atom. The number of aliphatic hydroxyl groups excluding tert-OH is 1. The Morgan fingerprint density at radius 1 is 0.461 bits per heavy atom. The number of quaternary nitrogens is 1. The van der Waals surface area contributed by atoms with Crippen LogP contribution in [0.4, 0.5) is 0 Å². The third-order valence-electron chi connectivity index (χ3n) is 14.1. The first-order chi connectivity index (χ1) is 37.0. The van der Waals surface area contributed by atoms with Crippen molar-refractivity contribution in [1.29, 1.82) is 0 Å². The molecule has 0 aliphatic rings. The van der Waals surface area contributed by atoms with Gasteiger partial charge in [-0.25, -0.2) is 4.57 Å². The smallest absolute Gasteiger partial charge is 0.387 e. The minimum absolute atomic E-state index is 0.0557. The van der Waals surface area contributed by atoms with Gasteiger partial charge in [-0.15, -0.1) is 0 Å². The number of phosphoric ester groups is 1. The van der Waals surface area contributed by atoms with E-state index in [0.29, 0.717) is 17.4 Å². The number of rotatable bonds is 58. The molecule has 0 saturated heterocycles. The maximum Gasteiger partial charge on any atom is 0.472 e. The lowest BCUT2D eigenvalue weighted by atomic mass is 10.0. The second kappa shape index (κ2) is 57.4. The number of nitrogens with zero attached hydrogens (tertiary/aromatic N) is 1. The van der Waals surface area contributed by atoms with E-state index in [1.54, 1.807) is 6.08 Å². The lowest BCUT2D eigenvalue weighted by molar-refractivity contribution is -0.870. The number of unbranched alkanes of at least 4 members (excludes halogenated alkanes) is 33. The molecule has 0 bridgehead atoms. The summed E-state index contributed by atoms with van der Waals surface area (Å²) in [5.41, 5.74) is 0.